The second kappa shape index (κ2) is 3.91. The van der Waals surface area contributed by atoms with Crippen LogP contribution in [0, 0.1) is 6.92 Å². The van der Waals surface area contributed by atoms with Gasteiger partial charge in [0.2, 0.25) is 8.27 Å². The Kier molecular flexibility index (Phi) is 3.31. The molecule has 0 aromatic heterocycles. The summed E-state index contributed by atoms with van der Waals surface area (Å²) in [4.78, 5) is 0.400. The molecule has 1 rings (SSSR count). The summed E-state index contributed by atoms with van der Waals surface area (Å²) >= 11 is 2.75. The summed E-state index contributed by atoms with van der Waals surface area (Å²) in [6.45, 7) is 7.82. The van der Waals surface area contributed by atoms with Gasteiger partial charge in [-0.2, -0.15) is 0 Å². The third-order valence-corrected chi connectivity index (χ3v) is 4.26. The molecule has 0 atom stereocenters. The van der Waals surface area contributed by atoms with Gasteiger partial charge in [-0.3, -0.25) is 0 Å². The van der Waals surface area contributed by atoms with Crippen LogP contribution in [0.4, 0.5) is 0 Å². The molecule has 0 aliphatic heterocycles. The minimum atomic E-state index is -3.33. The van der Waals surface area contributed by atoms with Gasteiger partial charge < -0.3 is 0 Å². The van der Waals surface area contributed by atoms with E-state index in [4.69, 9.17) is 0 Å². The summed E-state index contributed by atoms with van der Waals surface area (Å²) in [5.41, 5.74) is 1.45. The first kappa shape index (κ1) is 12.7. The molecule has 0 saturated heterocycles. The second-order valence-electron chi connectivity index (χ2n) is 4.64. The fourth-order valence-corrected chi connectivity index (χ4v) is 3.95. The van der Waals surface area contributed by atoms with Gasteiger partial charge in [0.1, 0.15) is 0 Å². The van der Waals surface area contributed by atoms with Gasteiger partial charge in [0.05, 0.1) is 19.7 Å². The Labute approximate surface area is 98.8 Å². The van der Waals surface area contributed by atoms with E-state index in [9.17, 15) is 8.42 Å². The van der Waals surface area contributed by atoms with Crippen LogP contribution in [0.2, 0.25) is 0 Å². The van der Waals surface area contributed by atoms with E-state index < -0.39 is 8.27 Å². The Morgan fingerprint density at radius 3 is 2.07 bits per heavy atom. The van der Waals surface area contributed by atoms with Crippen molar-refractivity contribution in [3.63, 3.8) is 0 Å². The molecule has 84 valence electrons. The van der Waals surface area contributed by atoms with E-state index in [0.29, 0.717) is 4.90 Å². The average molecular weight is 291 g/mol. The van der Waals surface area contributed by atoms with E-state index in [1.165, 1.54) is 0 Å². The fourth-order valence-electron chi connectivity index (χ4n) is 1.57. The number of aryl methyl sites for hydroxylation is 1. The predicted molar refractivity (Wildman–Crippen MR) is 66.0 cm³/mol. The van der Waals surface area contributed by atoms with Gasteiger partial charge in [-0.1, -0.05) is 39.0 Å². The van der Waals surface area contributed by atoms with Crippen LogP contribution in [0.5, 0.6) is 0 Å². The standard InChI is InChI=1S/C11H15BrO2S/c1-8-6-5-7-9(11(2,3)4)10(8)15(12,13)14/h5-7H,1-4H3. The summed E-state index contributed by atoms with van der Waals surface area (Å²) in [5, 5.41) is 0. The lowest BCUT2D eigenvalue weighted by atomic mass is 9.86. The van der Waals surface area contributed by atoms with Crippen molar-refractivity contribution in [1.82, 2.24) is 0 Å². The van der Waals surface area contributed by atoms with E-state index in [0.717, 1.165) is 11.1 Å². The van der Waals surface area contributed by atoms with E-state index in [-0.39, 0.29) is 5.41 Å². The van der Waals surface area contributed by atoms with E-state index in [1.54, 1.807) is 0 Å². The van der Waals surface area contributed by atoms with Crippen LogP contribution in [0.3, 0.4) is 0 Å². The third kappa shape index (κ3) is 2.82. The SMILES string of the molecule is Cc1cccc(C(C)(C)C)c1S(=O)(=O)Br. The second-order valence-corrected chi connectivity index (χ2v) is 8.48. The summed E-state index contributed by atoms with van der Waals surface area (Å²) in [7, 11) is -3.33. The monoisotopic (exact) mass is 290 g/mol. The lowest BCUT2D eigenvalue weighted by molar-refractivity contribution is 0.565. The molecular formula is C11H15BrO2S. The number of benzene rings is 1. The Balaban J connectivity index is 3.63. The summed E-state index contributed by atoms with van der Waals surface area (Å²) in [6, 6.07) is 5.56. The number of hydrogen-bond acceptors (Lipinski definition) is 2. The quantitative estimate of drug-likeness (QED) is 0.743. The minimum absolute atomic E-state index is 0.178. The first-order valence-corrected chi connectivity index (χ1v) is 8.01. The van der Waals surface area contributed by atoms with Gasteiger partial charge >= 0.3 is 0 Å². The molecule has 0 saturated carbocycles. The fraction of sp³-hybridized carbons (Fsp3) is 0.455. The highest BCUT2D eigenvalue weighted by Gasteiger charge is 2.25. The van der Waals surface area contributed by atoms with E-state index >= 15 is 0 Å². The number of halogens is 1. The largest absolute Gasteiger partial charge is 0.238 e. The molecule has 1 aromatic rings. The predicted octanol–water partition coefficient (Wildman–Crippen LogP) is 3.38. The highest BCUT2D eigenvalue weighted by Crippen LogP contribution is 2.33. The molecule has 0 N–H and O–H groups in total. The topological polar surface area (TPSA) is 34.1 Å². The smallest absolute Gasteiger partial charge is 0.212 e. The van der Waals surface area contributed by atoms with E-state index in [2.05, 4.69) is 14.8 Å². The van der Waals surface area contributed by atoms with Crippen molar-refractivity contribution in [2.24, 2.45) is 0 Å². The molecule has 0 aliphatic rings. The molecule has 0 amide bonds. The van der Waals surface area contributed by atoms with Crippen LogP contribution in [-0.4, -0.2) is 8.42 Å². The highest BCUT2D eigenvalue weighted by atomic mass is 79.9. The van der Waals surface area contributed by atoms with Crippen LogP contribution >= 0.6 is 14.8 Å². The van der Waals surface area contributed by atoms with Gasteiger partial charge in [-0.25, -0.2) is 8.42 Å². The molecule has 0 spiro atoms. The lowest BCUT2D eigenvalue weighted by Gasteiger charge is -2.22. The summed E-state index contributed by atoms with van der Waals surface area (Å²) in [5.74, 6) is 0. The van der Waals surface area contributed by atoms with Crippen molar-refractivity contribution in [1.29, 1.82) is 0 Å². The van der Waals surface area contributed by atoms with Crippen LogP contribution in [0.25, 0.3) is 0 Å². The van der Waals surface area contributed by atoms with Crippen LogP contribution < -0.4 is 0 Å². The molecule has 0 radical (unpaired) electrons. The average Bonchev–Trinajstić information content (AvgIpc) is 1.99. The Morgan fingerprint density at radius 2 is 1.73 bits per heavy atom. The van der Waals surface area contributed by atoms with Crippen molar-refractivity contribution in [3.8, 4) is 0 Å². The Hall–Kier alpha value is -0.350. The highest BCUT2D eigenvalue weighted by molar-refractivity contribution is 9.47. The van der Waals surface area contributed by atoms with Crippen molar-refractivity contribution in [2.45, 2.75) is 38.0 Å². The minimum Gasteiger partial charge on any atom is -0.212 e. The maximum Gasteiger partial charge on any atom is 0.238 e. The molecule has 1 aromatic carbocycles. The number of hydrogen-bond donors (Lipinski definition) is 0. The van der Waals surface area contributed by atoms with Crippen LogP contribution in [0.15, 0.2) is 23.1 Å². The maximum atomic E-state index is 11.6. The van der Waals surface area contributed by atoms with Crippen molar-refractivity contribution in [3.05, 3.63) is 29.3 Å². The first-order chi connectivity index (χ1) is 6.64. The van der Waals surface area contributed by atoms with E-state index in [1.807, 2.05) is 45.9 Å². The van der Waals surface area contributed by atoms with Crippen molar-refractivity contribution < 1.29 is 8.42 Å². The zero-order chi connectivity index (χ0) is 11.9. The maximum absolute atomic E-state index is 11.6. The Morgan fingerprint density at radius 1 is 1.20 bits per heavy atom. The van der Waals surface area contributed by atoms with Gasteiger partial charge in [-0.05, 0) is 23.5 Å². The lowest BCUT2D eigenvalue weighted by Crippen LogP contribution is -2.16. The Bertz CT molecular complexity index is 470. The molecule has 0 aliphatic carbocycles. The van der Waals surface area contributed by atoms with Crippen molar-refractivity contribution >= 4 is 23.1 Å². The van der Waals surface area contributed by atoms with Crippen molar-refractivity contribution in [2.75, 3.05) is 0 Å². The summed E-state index contributed by atoms with van der Waals surface area (Å²) in [6.07, 6.45) is 0. The molecule has 0 fully saturated rings. The van der Waals surface area contributed by atoms with Gasteiger partial charge in [0.25, 0.3) is 0 Å². The third-order valence-electron chi connectivity index (χ3n) is 2.26. The summed E-state index contributed by atoms with van der Waals surface area (Å²) < 4.78 is 23.3. The number of rotatable bonds is 1. The van der Waals surface area contributed by atoms with Crippen LogP contribution in [-0.2, 0) is 13.7 Å². The molecule has 15 heavy (non-hydrogen) atoms. The zero-order valence-electron chi connectivity index (χ0n) is 9.33. The normalized spacial score (nSPS) is 12.9. The molecular weight excluding hydrogens is 276 g/mol. The molecule has 0 bridgehead atoms. The first-order valence-electron chi connectivity index (χ1n) is 4.69. The van der Waals surface area contributed by atoms with Gasteiger partial charge in [0, 0.05) is 0 Å². The molecule has 4 heteroatoms. The van der Waals surface area contributed by atoms with Crippen LogP contribution in [0.1, 0.15) is 31.9 Å². The van der Waals surface area contributed by atoms with Gasteiger partial charge in [-0.15, -0.1) is 0 Å². The zero-order valence-corrected chi connectivity index (χ0v) is 11.7. The van der Waals surface area contributed by atoms with Gasteiger partial charge in [0.15, 0.2) is 0 Å². The molecule has 2 nitrogen and oxygen atoms in total. The molecule has 0 heterocycles. The molecule has 0 unspecified atom stereocenters.